The van der Waals surface area contributed by atoms with Crippen molar-refractivity contribution in [3.8, 4) is 0 Å². The van der Waals surface area contributed by atoms with Crippen molar-refractivity contribution in [2.75, 3.05) is 19.6 Å². The number of piperazine rings is 1. The lowest BCUT2D eigenvalue weighted by atomic mass is 10.2. The third kappa shape index (κ3) is 2.36. The van der Waals surface area contributed by atoms with Gasteiger partial charge in [0.25, 0.3) is 0 Å². The molecule has 1 saturated heterocycles. The minimum atomic E-state index is -1.10. The average molecular weight is 280 g/mol. The molecule has 0 unspecified atom stereocenters. The van der Waals surface area contributed by atoms with E-state index in [-0.39, 0.29) is 12.1 Å². The van der Waals surface area contributed by atoms with Crippen LogP contribution in [0.3, 0.4) is 0 Å². The van der Waals surface area contributed by atoms with E-state index in [1.165, 1.54) is 20.7 Å². The molecule has 0 bridgehead atoms. The molecule has 0 aromatic carbocycles. The van der Waals surface area contributed by atoms with Gasteiger partial charge in [0, 0.05) is 26.7 Å². The van der Waals surface area contributed by atoms with Gasteiger partial charge in [-0.3, -0.25) is 14.3 Å². The van der Waals surface area contributed by atoms with E-state index in [9.17, 15) is 14.4 Å². The molecule has 2 heterocycles. The molecule has 0 spiro atoms. The Balaban J connectivity index is 2.19. The van der Waals surface area contributed by atoms with Crippen molar-refractivity contribution in [3.63, 3.8) is 0 Å². The summed E-state index contributed by atoms with van der Waals surface area (Å²) in [7, 11) is 1.61. The van der Waals surface area contributed by atoms with Crippen molar-refractivity contribution in [2.24, 2.45) is 7.05 Å². The minimum Gasteiger partial charge on any atom is -0.478 e. The van der Waals surface area contributed by atoms with Crippen LogP contribution in [0.4, 0.5) is 0 Å². The van der Waals surface area contributed by atoms with Gasteiger partial charge in [0.1, 0.15) is 5.56 Å². The average Bonchev–Trinajstić information content (AvgIpc) is 2.77. The van der Waals surface area contributed by atoms with Crippen LogP contribution in [0.5, 0.6) is 0 Å². The Hall–Kier alpha value is -2.38. The lowest BCUT2D eigenvalue weighted by Gasteiger charge is -2.33. The molecule has 1 aromatic rings. The second-order valence-corrected chi connectivity index (χ2v) is 4.55. The van der Waals surface area contributed by atoms with E-state index in [1.54, 1.807) is 7.05 Å². The van der Waals surface area contributed by atoms with Crippen molar-refractivity contribution < 1.29 is 19.5 Å². The number of hydrogen-bond acceptors (Lipinski definition) is 4. The lowest BCUT2D eigenvalue weighted by molar-refractivity contribution is -0.156. The number of carbonyl (C=O) groups excluding carboxylic acids is 2. The van der Waals surface area contributed by atoms with Gasteiger partial charge in [0.05, 0.1) is 18.4 Å². The Morgan fingerprint density at radius 2 is 1.90 bits per heavy atom. The molecule has 1 aliphatic rings. The molecular formula is C12H16N4O4. The quantitative estimate of drug-likeness (QED) is 0.736. The topological polar surface area (TPSA) is 95.7 Å². The molecule has 1 N–H and O–H groups in total. The molecule has 20 heavy (non-hydrogen) atoms. The maximum atomic E-state index is 12.0. The fourth-order valence-electron chi connectivity index (χ4n) is 2.18. The molecule has 0 atom stereocenters. The maximum Gasteiger partial charge on any atom is 0.339 e. The second kappa shape index (κ2) is 5.32. The van der Waals surface area contributed by atoms with Crippen LogP contribution in [-0.2, 0) is 23.2 Å². The number of aryl methyl sites for hydroxylation is 1. The van der Waals surface area contributed by atoms with E-state index in [0.29, 0.717) is 25.3 Å². The van der Waals surface area contributed by atoms with E-state index >= 15 is 0 Å². The zero-order chi connectivity index (χ0) is 14.9. The van der Waals surface area contributed by atoms with Gasteiger partial charge in [-0.1, -0.05) is 0 Å². The molecule has 8 nitrogen and oxygen atoms in total. The van der Waals surface area contributed by atoms with Gasteiger partial charge in [0.15, 0.2) is 0 Å². The number of carbonyl (C=O) groups is 3. The number of nitrogens with zero attached hydrogens (tertiary/aromatic N) is 4. The highest BCUT2D eigenvalue weighted by atomic mass is 16.4. The first-order valence-electron chi connectivity index (χ1n) is 6.28. The molecule has 108 valence electrons. The highest BCUT2D eigenvalue weighted by Gasteiger charge is 2.32. The molecule has 1 aromatic heterocycles. The van der Waals surface area contributed by atoms with Gasteiger partial charge in [-0.25, -0.2) is 4.79 Å². The standard InChI is InChI=1S/C12H16N4O4/c1-3-15-4-5-16(11(18)10(15)17)7-9-8(12(19)20)6-13-14(9)2/h6H,3-5,7H2,1-2H3,(H,19,20). The Morgan fingerprint density at radius 3 is 2.50 bits per heavy atom. The van der Waals surface area contributed by atoms with Crippen LogP contribution in [0.2, 0.25) is 0 Å². The van der Waals surface area contributed by atoms with Crippen molar-refractivity contribution >= 4 is 17.8 Å². The number of rotatable bonds is 4. The Bertz CT molecular complexity index is 566. The number of carboxylic acids is 1. The van der Waals surface area contributed by atoms with Crippen LogP contribution in [0.25, 0.3) is 0 Å². The fraction of sp³-hybridized carbons (Fsp3) is 0.500. The highest BCUT2D eigenvalue weighted by Crippen LogP contribution is 2.14. The first-order valence-corrected chi connectivity index (χ1v) is 6.28. The van der Waals surface area contributed by atoms with Crippen LogP contribution in [0, 0.1) is 0 Å². The molecule has 0 aliphatic carbocycles. The summed E-state index contributed by atoms with van der Waals surface area (Å²) in [4.78, 5) is 37.7. The van der Waals surface area contributed by atoms with E-state index in [1.807, 2.05) is 6.92 Å². The number of hydrogen-bond donors (Lipinski definition) is 1. The lowest BCUT2D eigenvalue weighted by Crippen LogP contribution is -2.53. The van der Waals surface area contributed by atoms with Crippen molar-refractivity contribution in [3.05, 3.63) is 17.5 Å². The number of carboxylic acid groups (broad SMARTS) is 1. The van der Waals surface area contributed by atoms with E-state index in [0.717, 1.165) is 0 Å². The largest absolute Gasteiger partial charge is 0.478 e. The highest BCUT2D eigenvalue weighted by molar-refractivity contribution is 6.35. The van der Waals surface area contributed by atoms with Crippen LogP contribution >= 0.6 is 0 Å². The smallest absolute Gasteiger partial charge is 0.339 e. The Kier molecular flexibility index (Phi) is 3.73. The molecular weight excluding hydrogens is 264 g/mol. The number of amides is 2. The summed E-state index contributed by atoms with van der Waals surface area (Å²) < 4.78 is 1.41. The summed E-state index contributed by atoms with van der Waals surface area (Å²) in [5, 5.41) is 13.0. The number of likely N-dealkylation sites (N-methyl/N-ethyl adjacent to an activating group) is 1. The molecule has 2 rings (SSSR count). The Morgan fingerprint density at radius 1 is 1.30 bits per heavy atom. The molecule has 0 saturated carbocycles. The zero-order valence-electron chi connectivity index (χ0n) is 11.4. The van der Waals surface area contributed by atoms with Gasteiger partial charge in [0.2, 0.25) is 0 Å². The zero-order valence-corrected chi connectivity index (χ0v) is 11.4. The van der Waals surface area contributed by atoms with E-state index < -0.39 is 17.8 Å². The summed E-state index contributed by atoms with van der Waals surface area (Å²) in [6.45, 7) is 3.22. The van der Waals surface area contributed by atoms with Crippen LogP contribution in [0.1, 0.15) is 23.0 Å². The number of aromatic nitrogens is 2. The molecule has 1 fully saturated rings. The summed E-state index contributed by atoms with van der Waals surface area (Å²) in [5.41, 5.74) is 0.453. The monoisotopic (exact) mass is 280 g/mol. The first kappa shape index (κ1) is 14.0. The van der Waals surface area contributed by atoms with Crippen LogP contribution in [-0.4, -0.2) is 62.1 Å². The SMILES string of the molecule is CCN1CCN(Cc2c(C(=O)O)cnn2C)C(=O)C1=O. The molecule has 1 aliphatic heterocycles. The summed E-state index contributed by atoms with van der Waals surface area (Å²) in [5.74, 6) is -2.24. The third-order valence-electron chi connectivity index (χ3n) is 3.41. The van der Waals surface area contributed by atoms with Gasteiger partial charge in [-0.2, -0.15) is 5.10 Å². The Labute approximate surface area is 115 Å². The number of aromatic carboxylic acids is 1. The summed E-state index contributed by atoms with van der Waals surface area (Å²) >= 11 is 0. The molecule has 8 heteroatoms. The van der Waals surface area contributed by atoms with Gasteiger partial charge in [-0.15, -0.1) is 0 Å². The van der Waals surface area contributed by atoms with Crippen LogP contribution in [0.15, 0.2) is 6.20 Å². The van der Waals surface area contributed by atoms with Gasteiger partial charge in [-0.05, 0) is 6.92 Å². The van der Waals surface area contributed by atoms with Gasteiger partial charge < -0.3 is 14.9 Å². The molecule has 2 amide bonds. The summed E-state index contributed by atoms with van der Waals surface area (Å²) in [6, 6.07) is 0. The van der Waals surface area contributed by atoms with Crippen LogP contribution < -0.4 is 0 Å². The minimum absolute atomic E-state index is 0.0469. The predicted octanol–water partition coefficient (Wildman–Crippen LogP) is -0.691. The van der Waals surface area contributed by atoms with Crippen molar-refractivity contribution in [1.29, 1.82) is 0 Å². The van der Waals surface area contributed by atoms with Crippen molar-refractivity contribution in [2.45, 2.75) is 13.5 Å². The normalized spacial score (nSPS) is 15.9. The molecule has 0 radical (unpaired) electrons. The van der Waals surface area contributed by atoms with Crippen molar-refractivity contribution in [1.82, 2.24) is 19.6 Å². The predicted molar refractivity (Wildman–Crippen MR) is 67.8 cm³/mol. The summed E-state index contributed by atoms with van der Waals surface area (Å²) in [6.07, 6.45) is 1.24. The third-order valence-corrected chi connectivity index (χ3v) is 3.41. The maximum absolute atomic E-state index is 12.0. The second-order valence-electron chi connectivity index (χ2n) is 4.55. The fourth-order valence-corrected chi connectivity index (χ4v) is 2.18. The first-order chi connectivity index (χ1) is 9.45. The van der Waals surface area contributed by atoms with Gasteiger partial charge >= 0.3 is 17.8 Å². The van der Waals surface area contributed by atoms with E-state index in [2.05, 4.69) is 5.10 Å². The van der Waals surface area contributed by atoms with E-state index in [4.69, 9.17) is 5.11 Å².